The van der Waals surface area contributed by atoms with Crippen molar-refractivity contribution in [3.63, 3.8) is 0 Å². The van der Waals surface area contributed by atoms with Crippen molar-refractivity contribution in [2.24, 2.45) is 0 Å². The molecule has 1 atom stereocenters. The van der Waals surface area contributed by atoms with Crippen LogP contribution in [0.5, 0.6) is 0 Å². The molecule has 2 aromatic rings. The van der Waals surface area contributed by atoms with Crippen LogP contribution in [0.2, 0.25) is 0 Å². The van der Waals surface area contributed by atoms with Gasteiger partial charge in [0, 0.05) is 11.6 Å². The Labute approximate surface area is 155 Å². The molecule has 2 N–H and O–H groups in total. The van der Waals surface area contributed by atoms with Crippen LogP contribution >= 0.6 is 0 Å². The fraction of sp³-hybridized carbons (Fsp3) is 0.350. The predicted molar refractivity (Wildman–Crippen MR) is 104 cm³/mol. The second-order valence-corrected chi connectivity index (χ2v) is 8.63. The zero-order valence-electron chi connectivity index (χ0n) is 15.8. The van der Waals surface area contributed by atoms with Gasteiger partial charge >= 0.3 is 0 Å². The second-order valence-electron chi connectivity index (χ2n) is 6.92. The lowest BCUT2D eigenvalue weighted by atomic mass is 10.0. The molecule has 0 saturated carbocycles. The van der Waals surface area contributed by atoms with E-state index in [1.165, 1.54) is 24.3 Å². The molecule has 0 aliphatic rings. The van der Waals surface area contributed by atoms with Gasteiger partial charge in [0.1, 0.15) is 0 Å². The largest absolute Gasteiger partial charge is 0.346 e. The molecule has 5 nitrogen and oxygen atoms in total. The fourth-order valence-corrected chi connectivity index (χ4v) is 4.04. The molecule has 2 rings (SSSR count). The highest BCUT2D eigenvalue weighted by molar-refractivity contribution is 7.89. The molecule has 0 aliphatic carbocycles. The molecule has 0 aromatic heterocycles. The highest BCUT2D eigenvalue weighted by Crippen LogP contribution is 2.18. The Kier molecular flexibility index (Phi) is 6.21. The van der Waals surface area contributed by atoms with E-state index in [4.69, 9.17) is 0 Å². The average molecular weight is 375 g/mol. The van der Waals surface area contributed by atoms with Crippen LogP contribution < -0.4 is 10.0 Å². The topological polar surface area (TPSA) is 75.3 Å². The monoisotopic (exact) mass is 374 g/mol. The molecule has 0 heterocycles. The van der Waals surface area contributed by atoms with Crippen LogP contribution in [0.15, 0.2) is 47.4 Å². The third-order valence-corrected chi connectivity index (χ3v) is 5.58. The van der Waals surface area contributed by atoms with Gasteiger partial charge in [-0.3, -0.25) is 4.79 Å². The minimum Gasteiger partial charge on any atom is -0.346 e. The van der Waals surface area contributed by atoms with Crippen LogP contribution in [0.4, 0.5) is 0 Å². The van der Waals surface area contributed by atoms with Gasteiger partial charge in [-0.1, -0.05) is 29.3 Å². The summed E-state index contributed by atoms with van der Waals surface area (Å²) in [4.78, 5) is 12.6. The van der Waals surface area contributed by atoms with E-state index in [-0.39, 0.29) is 22.9 Å². The van der Waals surface area contributed by atoms with Gasteiger partial charge in [-0.2, -0.15) is 0 Å². The minimum atomic E-state index is -3.56. The van der Waals surface area contributed by atoms with E-state index >= 15 is 0 Å². The molecule has 1 unspecified atom stereocenters. The van der Waals surface area contributed by atoms with Crippen molar-refractivity contribution in [3.8, 4) is 0 Å². The molecule has 0 fully saturated rings. The van der Waals surface area contributed by atoms with E-state index in [1.54, 1.807) is 13.8 Å². The Morgan fingerprint density at radius 1 is 0.923 bits per heavy atom. The Morgan fingerprint density at radius 2 is 1.46 bits per heavy atom. The van der Waals surface area contributed by atoms with Gasteiger partial charge in [0.2, 0.25) is 10.0 Å². The summed E-state index contributed by atoms with van der Waals surface area (Å²) in [5.41, 5.74) is 3.75. The summed E-state index contributed by atoms with van der Waals surface area (Å²) < 4.78 is 26.8. The highest BCUT2D eigenvalue weighted by Gasteiger charge is 2.17. The first-order chi connectivity index (χ1) is 12.1. The number of aryl methyl sites for hydroxylation is 2. The summed E-state index contributed by atoms with van der Waals surface area (Å²) in [7, 11) is -3.56. The fourth-order valence-electron chi connectivity index (χ4n) is 2.79. The van der Waals surface area contributed by atoms with Gasteiger partial charge in [0.25, 0.3) is 5.91 Å². The Bertz CT molecular complexity index is 868. The van der Waals surface area contributed by atoms with Gasteiger partial charge in [-0.25, -0.2) is 13.1 Å². The molecule has 26 heavy (non-hydrogen) atoms. The van der Waals surface area contributed by atoms with E-state index in [1.807, 2.05) is 32.9 Å². The number of amides is 1. The molecule has 0 aliphatic heterocycles. The first kappa shape index (κ1) is 20.1. The van der Waals surface area contributed by atoms with Crippen LogP contribution in [0.25, 0.3) is 0 Å². The number of hydrogen-bond donors (Lipinski definition) is 2. The number of rotatable bonds is 6. The number of carbonyl (C=O) groups is 1. The maximum absolute atomic E-state index is 12.5. The number of hydrogen-bond acceptors (Lipinski definition) is 3. The molecule has 0 radical (unpaired) electrons. The number of benzene rings is 2. The third-order valence-electron chi connectivity index (χ3n) is 3.91. The lowest BCUT2D eigenvalue weighted by Gasteiger charge is -2.16. The minimum absolute atomic E-state index is 0.144. The van der Waals surface area contributed by atoms with Crippen LogP contribution in [-0.4, -0.2) is 20.4 Å². The summed E-state index contributed by atoms with van der Waals surface area (Å²) in [6.45, 7) is 9.49. The lowest BCUT2D eigenvalue weighted by Crippen LogP contribution is -2.30. The molecule has 0 saturated heterocycles. The van der Waals surface area contributed by atoms with E-state index in [0.29, 0.717) is 5.56 Å². The van der Waals surface area contributed by atoms with Crippen LogP contribution in [0.3, 0.4) is 0 Å². The predicted octanol–water partition coefficient (Wildman–Crippen LogP) is 3.48. The first-order valence-electron chi connectivity index (χ1n) is 8.60. The van der Waals surface area contributed by atoms with E-state index in [9.17, 15) is 13.2 Å². The summed E-state index contributed by atoms with van der Waals surface area (Å²) in [5, 5.41) is 2.95. The molecule has 140 valence electrons. The third kappa shape index (κ3) is 5.16. The van der Waals surface area contributed by atoms with E-state index in [0.717, 1.165) is 16.7 Å². The van der Waals surface area contributed by atoms with E-state index in [2.05, 4.69) is 16.1 Å². The van der Waals surface area contributed by atoms with Crippen molar-refractivity contribution in [1.82, 2.24) is 10.0 Å². The van der Waals surface area contributed by atoms with E-state index < -0.39 is 10.0 Å². The summed E-state index contributed by atoms with van der Waals surface area (Å²) in [5.74, 6) is -0.238. The molecular weight excluding hydrogens is 348 g/mol. The number of nitrogens with one attached hydrogen (secondary N) is 2. The first-order valence-corrected chi connectivity index (χ1v) is 10.1. The SMILES string of the molecule is Cc1cc(C)cc(C(C)NC(=O)c2ccc(S(=O)(=O)NC(C)C)cc2)c1. The Balaban J connectivity index is 2.12. The Morgan fingerprint density at radius 3 is 1.96 bits per heavy atom. The van der Waals surface area contributed by atoms with Gasteiger partial charge < -0.3 is 5.32 Å². The van der Waals surface area contributed by atoms with Crippen molar-refractivity contribution in [1.29, 1.82) is 0 Å². The van der Waals surface area contributed by atoms with Crippen molar-refractivity contribution >= 4 is 15.9 Å². The number of sulfonamides is 1. The maximum Gasteiger partial charge on any atom is 0.251 e. The van der Waals surface area contributed by atoms with Crippen molar-refractivity contribution in [2.75, 3.05) is 0 Å². The molecular formula is C20H26N2O3S. The van der Waals surface area contributed by atoms with Crippen molar-refractivity contribution < 1.29 is 13.2 Å². The lowest BCUT2D eigenvalue weighted by molar-refractivity contribution is 0.0939. The summed E-state index contributed by atoms with van der Waals surface area (Å²) >= 11 is 0. The molecule has 6 heteroatoms. The van der Waals surface area contributed by atoms with Crippen LogP contribution in [0.1, 0.15) is 53.9 Å². The molecule has 1 amide bonds. The normalized spacial score (nSPS) is 12.8. The zero-order valence-corrected chi connectivity index (χ0v) is 16.6. The van der Waals surface area contributed by atoms with Gasteiger partial charge in [0.05, 0.1) is 10.9 Å². The maximum atomic E-state index is 12.5. The highest BCUT2D eigenvalue weighted by atomic mass is 32.2. The van der Waals surface area contributed by atoms with Gasteiger partial charge in [0.15, 0.2) is 0 Å². The molecule has 0 bridgehead atoms. The quantitative estimate of drug-likeness (QED) is 0.813. The Hall–Kier alpha value is -2.18. The van der Waals surface area contributed by atoms with Crippen LogP contribution in [-0.2, 0) is 10.0 Å². The zero-order chi connectivity index (χ0) is 19.5. The smallest absolute Gasteiger partial charge is 0.251 e. The summed E-state index contributed by atoms with van der Waals surface area (Å²) in [6.07, 6.45) is 0. The standard InChI is InChI=1S/C20H26N2O3S/c1-13(2)22-26(24,25)19-8-6-17(7-9-19)20(23)21-16(5)18-11-14(3)10-15(4)12-18/h6-13,16,22H,1-5H3,(H,21,23). The molecule has 2 aromatic carbocycles. The summed E-state index contributed by atoms with van der Waals surface area (Å²) in [6, 6.07) is 11.8. The van der Waals surface area contributed by atoms with Crippen molar-refractivity contribution in [3.05, 3.63) is 64.7 Å². The van der Waals surface area contributed by atoms with Crippen LogP contribution in [0, 0.1) is 13.8 Å². The van der Waals surface area contributed by atoms with Crippen molar-refractivity contribution in [2.45, 2.75) is 51.6 Å². The van der Waals surface area contributed by atoms with Gasteiger partial charge in [-0.15, -0.1) is 0 Å². The second kappa shape index (κ2) is 8.01. The van der Waals surface area contributed by atoms with Gasteiger partial charge in [-0.05, 0) is 64.4 Å². The molecule has 0 spiro atoms. The average Bonchev–Trinajstić information content (AvgIpc) is 2.52. The number of carbonyl (C=O) groups excluding carboxylic acids is 1.